The molecular weight excluding hydrogens is 408 g/mol. The Kier molecular flexibility index (Phi) is 6.94. The molecule has 0 unspecified atom stereocenters. The Balaban J connectivity index is 1.77. The van der Waals surface area contributed by atoms with Gasteiger partial charge in [-0.3, -0.25) is 4.79 Å². The monoisotopic (exact) mass is 426 g/mol. The second-order valence-electron chi connectivity index (χ2n) is 6.30. The van der Waals surface area contributed by atoms with E-state index >= 15 is 0 Å². The van der Waals surface area contributed by atoms with Gasteiger partial charge in [0.2, 0.25) is 0 Å². The van der Waals surface area contributed by atoms with Crippen molar-refractivity contribution in [2.75, 3.05) is 25.1 Å². The van der Waals surface area contributed by atoms with Crippen LogP contribution < -0.4 is 14.8 Å². The molecule has 0 saturated carbocycles. The van der Waals surface area contributed by atoms with Crippen molar-refractivity contribution in [3.8, 4) is 17.6 Å². The molecular formula is C22H19ClN2O5. The zero-order valence-electron chi connectivity index (χ0n) is 16.2. The molecule has 0 bridgehead atoms. The van der Waals surface area contributed by atoms with Crippen LogP contribution in [0.4, 0.5) is 5.69 Å². The summed E-state index contributed by atoms with van der Waals surface area (Å²) < 4.78 is 16.1. The molecule has 1 N–H and O–H groups in total. The van der Waals surface area contributed by atoms with Crippen LogP contribution in [0.2, 0.25) is 5.02 Å². The average Bonchev–Trinajstić information content (AvgIpc) is 2.98. The zero-order chi connectivity index (χ0) is 21.5. The fourth-order valence-electron chi connectivity index (χ4n) is 2.75. The van der Waals surface area contributed by atoms with E-state index in [9.17, 15) is 14.9 Å². The van der Waals surface area contributed by atoms with Crippen LogP contribution in [0.25, 0.3) is 6.08 Å². The second-order valence-corrected chi connectivity index (χ2v) is 6.71. The van der Waals surface area contributed by atoms with Crippen LogP contribution >= 0.6 is 11.6 Å². The normalized spacial score (nSPS) is 13.0. The van der Waals surface area contributed by atoms with Crippen LogP contribution in [0.5, 0.6) is 11.5 Å². The van der Waals surface area contributed by atoms with Crippen LogP contribution in [-0.2, 0) is 9.53 Å². The summed E-state index contributed by atoms with van der Waals surface area (Å²) in [6.07, 6.45) is 2.15. The minimum absolute atomic E-state index is 0.116. The number of carbonyl (C=O) groups is 2. The molecule has 0 radical (unpaired) electrons. The smallest absolute Gasteiger partial charge is 0.338 e. The number of halogens is 1. The molecule has 30 heavy (non-hydrogen) atoms. The molecule has 1 aliphatic heterocycles. The molecule has 154 valence electrons. The maximum absolute atomic E-state index is 12.5. The lowest BCUT2D eigenvalue weighted by Gasteiger charge is -2.10. The predicted molar refractivity (Wildman–Crippen MR) is 112 cm³/mol. The van der Waals surface area contributed by atoms with Crippen LogP contribution in [0.3, 0.4) is 0 Å². The number of anilines is 1. The number of benzene rings is 2. The number of hydrogen-bond donors (Lipinski definition) is 1. The summed E-state index contributed by atoms with van der Waals surface area (Å²) in [5.74, 6) is -0.113. The maximum atomic E-state index is 12.5. The number of amides is 1. The molecule has 2 aromatic carbocycles. The first-order chi connectivity index (χ1) is 14.5. The molecule has 0 aliphatic carbocycles. The lowest BCUT2D eigenvalue weighted by molar-refractivity contribution is -0.112. The number of nitrogens with one attached hydrogen (secondary N) is 1. The molecule has 3 rings (SSSR count). The fraction of sp³-hybridized carbons (Fsp3) is 0.227. The molecule has 0 saturated heterocycles. The molecule has 0 aromatic heterocycles. The Labute approximate surface area is 178 Å². The van der Waals surface area contributed by atoms with E-state index in [1.54, 1.807) is 31.2 Å². The number of nitrogens with zero attached hydrogens (tertiary/aromatic N) is 1. The standard InChI is InChI=1S/C22H19ClN2O5/c1-2-28-22(27)15-4-6-17(7-5-15)25-21(26)16(13-24)10-14-11-18(23)20-19(12-14)29-8-3-9-30-20/h4-7,10-12H,2-3,8-9H2,1H3,(H,25,26)/b16-10+. The molecule has 2 aromatic rings. The van der Waals surface area contributed by atoms with Gasteiger partial charge in [-0.15, -0.1) is 0 Å². The molecule has 7 nitrogen and oxygen atoms in total. The Morgan fingerprint density at radius 3 is 2.67 bits per heavy atom. The van der Waals surface area contributed by atoms with Gasteiger partial charge in [-0.2, -0.15) is 5.26 Å². The van der Waals surface area contributed by atoms with Crippen molar-refractivity contribution in [1.29, 1.82) is 5.26 Å². The number of rotatable bonds is 5. The lowest BCUT2D eigenvalue weighted by atomic mass is 10.1. The Bertz CT molecular complexity index is 1030. The molecule has 8 heteroatoms. The van der Waals surface area contributed by atoms with Gasteiger partial charge in [-0.1, -0.05) is 11.6 Å². The summed E-state index contributed by atoms with van der Waals surface area (Å²) in [5, 5.41) is 12.4. The minimum Gasteiger partial charge on any atom is -0.489 e. The van der Waals surface area contributed by atoms with E-state index in [4.69, 9.17) is 25.8 Å². The van der Waals surface area contributed by atoms with Crippen molar-refractivity contribution >= 4 is 35.2 Å². The average molecular weight is 427 g/mol. The van der Waals surface area contributed by atoms with Gasteiger partial charge >= 0.3 is 5.97 Å². The molecule has 1 aliphatic rings. The van der Waals surface area contributed by atoms with Crippen LogP contribution in [-0.4, -0.2) is 31.7 Å². The molecule has 0 fully saturated rings. The third-order valence-corrected chi connectivity index (χ3v) is 4.44. The largest absolute Gasteiger partial charge is 0.489 e. The minimum atomic E-state index is -0.593. The Morgan fingerprint density at radius 2 is 1.97 bits per heavy atom. The van der Waals surface area contributed by atoms with Crippen LogP contribution in [0, 0.1) is 11.3 Å². The molecule has 1 heterocycles. The number of carbonyl (C=O) groups excluding carboxylic acids is 2. The highest BCUT2D eigenvalue weighted by Crippen LogP contribution is 2.38. The topological polar surface area (TPSA) is 97.7 Å². The quantitative estimate of drug-likeness (QED) is 0.436. The second kappa shape index (κ2) is 9.81. The SMILES string of the molecule is CCOC(=O)c1ccc(NC(=O)/C(C#N)=C/c2cc(Cl)c3c(c2)OCCCO3)cc1. The van der Waals surface area contributed by atoms with Gasteiger partial charge in [0.05, 0.1) is 30.4 Å². The van der Waals surface area contributed by atoms with Gasteiger partial charge in [0.1, 0.15) is 11.6 Å². The van der Waals surface area contributed by atoms with E-state index in [-0.39, 0.29) is 12.2 Å². The van der Waals surface area contributed by atoms with Gasteiger partial charge in [-0.25, -0.2) is 4.79 Å². The molecule has 0 spiro atoms. The lowest BCUT2D eigenvalue weighted by Crippen LogP contribution is -2.13. The summed E-state index contributed by atoms with van der Waals surface area (Å²) >= 11 is 6.26. The number of esters is 1. The van der Waals surface area contributed by atoms with E-state index in [0.717, 1.165) is 6.42 Å². The molecule has 0 atom stereocenters. The Morgan fingerprint density at radius 1 is 1.23 bits per heavy atom. The van der Waals surface area contributed by atoms with Crippen LogP contribution in [0.1, 0.15) is 29.3 Å². The predicted octanol–water partition coefficient (Wildman–Crippen LogP) is 4.22. The fourth-order valence-corrected chi connectivity index (χ4v) is 3.03. The van der Waals surface area contributed by atoms with E-state index in [2.05, 4.69) is 5.32 Å². The summed E-state index contributed by atoms with van der Waals surface area (Å²) in [5.41, 5.74) is 1.22. The van der Waals surface area contributed by atoms with Crippen molar-refractivity contribution in [2.45, 2.75) is 13.3 Å². The number of fused-ring (bicyclic) bond motifs is 1. The first-order valence-corrected chi connectivity index (χ1v) is 9.69. The summed E-state index contributed by atoms with van der Waals surface area (Å²) in [4.78, 5) is 24.2. The van der Waals surface area contributed by atoms with Crippen LogP contribution in [0.15, 0.2) is 42.0 Å². The summed E-state index contributed by atoms with van der Waals surface area (Å²) in [6, 6.07) is 11.4. The summed E-state index contributed by atoms with van der Waals surface area (Å²) in [6.45, 7) is 2.99. The first kappa shape index (κ1) is 21.2. The molecule has 1 amide bonds. The van der Waals surface area contributed by atoms with Crippen molar-refractivity contribution < 1.29 is 23.8 Å². The number of nitriles is 1. The van der Waals surface area contributed by atoms with E-state index < -0.39 is 11.9 Å². The first-order valence-electron chi connectivity index (χ1n) is 9.31. The van der Waals surface area contributed by atoms with Crippen molar-refractivity contribution in [3.63, 3.8) is 0 Å². The highest BCUT2D eigenvalue weighted by Gasteiger charge is 2.17. The van der Waals surface area contributed by atoms with Gasteiger partial charge in [0.15, 0.2) is 11.5 Å². The highest BCUT2D eigenvalue weighted by atomic mass is 35.5. The number of ether oxygens (including phenoxy) is 3. The Hall–Kier alpha value is -3.50. The third kappa shape index (κ3) is 5.10. The van der Waals surface area contributed by atoms with Gasteiger partial charge in [0, 0.05) is 12.1 Å². The third-order valence-electron chi connectivity index (χ3n) is 4.15. The van der Waals surface area contributed by atoms with Crippen molar-refractivity contribution in [3.05, 3.63) is 58.1 Å². The van der Waals surface area contributed by atoms with Crippen molar-refractivity contribution in [2.24, 2.45) is 0 Å². The van der Waals surface area contributed by atoms with E-state index in [0.29, 0.717) is 46.5 Å². The summed E-state index contributed by atoms with van der Waals surface area (Å²) in [7, 11) is 0. The zero-order valence-corrected chi connectivity index (χ0v) is 17.0. The van der Waals surface area contributed by atoms with E-state index in [1.807, 2.05) is 6.07 Å². The van der Waals surface area contributed by atoms with Gasteiger partial charge in [-0.05, 0) is 55.0 Å². The highest BCUT2D eigenvalue weighted by molar-refractivity contribution is 6.32. The van der Waals surface area contributed by atoms with Gasteiger partial charge in [0.25, 0.3) is 5.91 Å². The number of hydrogen-bond acceptors (Lipinski definition) is 6. The van der Waals surface area contributed by atoms with Gasteiger partial charge < -0.3 is 19.5 Å². The van der Waals surface area contributed by atoms with Crippen molar-refractivity contribution in [1.82, 2.24) is 0 Å². The van der Waals surface area contributed by atoms with E-state index in [1.165, 1.54) is 18.2 Å². The maximum Gasteiger partial charge on any atom is 0.338 e.